The third kappa shape index (κ3) is 4.44. The van der Waals surface area contributed by atoms with Gasteiger partial charge in [-0.2, -0.15) is 0 Å². The minimum absolute atomic E-state index is 0.0829. The molecule has 3 aromatic rings. The second-order valence-corrected chi connectivity index (χ2v) is 10.9. The number of nitrogens with one attached hydrogen (secondary N) is 1. The van der Waals surface area contributed by atoms with Crippen molar-refractivity contribution >= 4 is 22.6 Å². The molecule has 0 spiro atoms. The zero-order valence-electron chi connectivity index (χ0n) is 21.3. The normalized spacial score (nSPS) is 23.8. The van der Waals surface area contributed by atoms with Crippen LogP contribution in [0.15, 0.2) is 36.8 Å². The van der Waals surface area contributed by atoms with Crippen molar-refractivity contribution in [2.24, 2.45) is 5.92 Å². The SMILES string of the molecule is C[C@@H](Oc1cc(-c2ccc(N3CCN(C4COC4)CC3)cn2)cc2ncn(C3CC3)c12)C1CNC(=O)C1. The topological polar surface area (TPSA) is 84.8 Å². The summed E-state index contributed by atoms with van der Waals surface area (Å²) in [5.74, 6) is 1.09. The number of anilines is 1. The van der Waals surface area contributed by atoms with Crippen molar-refractivity contribution in [2.45, 2.75) is 44.4 Å². The molecule has 7 rings (SSSR count). The number of hydrogen-bond acceptors (Lipinski definition) is 7. The summed E-state index contributed by atoms with van der Waals surface area (Å²) in [6.45, 7) is 8.63. The highest BCUT2D eigenvalue weighted by atomic mass is 16.5. The highest BCUT2D eigenvalue weighted by Gasteiger charge is 2.31. The Balaban J connectivity index is 1.13. The van der Waals surface area contributed by atoms with Gasteiger partial charge in [-0.05, 0) is 44.0 Å². The molecule has 194 valence electrons. The molecule has 5 heterocycles. The Morgan fingerprint density at radius 2 is 1.92 bits per heavy atom. The van der Waals surface area contributed by atoms with Crippen molar-refractivity contribution < 1.29 is 14.3 Å². The number of carbonyl (C=O) groups is 1. The van der Waals surface area contributed by atoms with Crippen LogP contribution in [0.4, 0.5) is 5.69 Å². The standard InChI is InChI=1S/C28H34N6O3/c1-18(20-12-27(35)30-13-20)37-26-11-19(10-25-28(26)34(17-31-25)21-2-3-21)24-5-4-22(14-29-24)32-6-8-33(9-7-32)23-15-36-16-23/h4-5,10-11,14,17-18,20-21,23H,2-3,6-9,12-13,15-16H2,1H3,(H,30,35)/t18-,20?/m1/s1. The lowest BCUT2D eigenvalue weighted by molar-refractivity contribution is -0.119. The maximum Gasteiger partial charge on any atom is 0.220 e. The predicted molar refractivity (Wildman–Crippen MR) is 141 cm³/mol. The third-order valence-electron chi connectivity index (χ3n) is 8.42. The first-order valence-electron chi connectivity index (χ1n) is 13.6. The van der Waals surface area contributed by atoms with Gasteiger partial charge in [-0.3, -0.25) is 14.7 Å². The number of carbonyl (C=O) groups excluding carboxylic acids is 1. The van der Waals surface area contributed by atoms with Gasteiger partial charge in [0.05, 0.1) is 48.7 Å². The van der Waals surface area contributed by atoms with Gasteiger partial charge in [0, 0.05) is 56.7 Å². The third-order valence-corrected chi connectivity index (χ3v) is 8.42. The summed E-state index contributed by atoms with van der Waals surface area (Å²) in [5.41, 5.74) is 5.04. The molecule has 1 aromatic carbocycles. The molecule has 2 aromatic heterocycles. The van der Waals surface area contributed by atoms with E-state index in [4.69, 9.17) is 19.4 Å². The first kappa shape index (κ1) is 23.0. The van der Waals surface area contributed by atoms with Gasteiger partial charge in [-0.1, -0.05) is 0 Å². The van der Waals surface area contributed by atoms with Gasteiger partial charge in [-0.15, -0.1) is 0 Å². The maximum atomic E-state index is 11.8. The molecule has 4 fully saturated rings. The van der Waals surface area contributed by atoms with Crippen LogP contribution in [-0.2, 0) is 9.53 Å². The largest absolute Gasteiger partial charge is 0.488 e. The summed E-state index contributed by atoms with van der Waals surface area (Å²) >= 11 is 0. The molecular weight excluding hydrogens is 468 g/mol. The number of rotatable bonds is 7. The quantitative estimate of drug-likeness (QED) is 0.532. The zero-order valence-corrected chi connectivity index (χ0v) is 21.3. The summed E-state index contributed by atoms with van der Waals surface area (Å²) in [6, 6.07) is 9.60. The van der Waals surface area contributed by atoms with Crippen LogP contribution in [0.1, 0.15) is 32.2 Å². The highest BCUT2D eigenvalue weighted by Crippen LogP contribution is 2.41. The van der Waals surface area contributed by atoms with Gasteiger partial charge in [0.25, 0.3) is 0 Å². The fourth-order valence-electron chi connectivity index (χ4n) is 5.78. The lowest BCUT2D eigenvalue weighted by Crippen LogP contribution is -2.56. The molecule has 1 N–H and O–H groups in total. The maximum absolute atomic E-state index is 11.8. The lowest BCUT2D eigenvalue weighted by atomic mass is 10.0. The molecule has 1 amide bonds. The number of fused-ring (bicyclic) bond motifs is 1. The van der Waals surface area contributed by atoms with Crippen molar-refractivity contribution in [1.82, 2.24) is 24.8 Å². The Hall–Kier alpha value is -3.17. The number of pyridine rings is 1. The van der Waals surface area contributed by atoms with E-state index in [9.17, 15) is 4.79 Å². The number of hydrogen-bond donors (Lipinski definition) is 1. The van der Waals surface area contributed by atoms with Crippen molar-refractivity contribution in [2.75, 3.05) is 50.8 Å². The van der Waals surface area contributed by atoms with Crippen LogP contribution in [-0.4, -0.2) is 83.4 Å². The smallest absolute Gasteiger partial charge is 0.220 e. The van der Waals surface area contributed by atoms with E-state index in [1.807, 2.05) is 12.5 Å². The van der Waals surface area contributed by atoms with Gasteiger partial charge in [-0.25, -0.2) is 4.98 Å². The number of amides is 1. The van der Waals surface area contributed by atoms with Crippen LogP contribution in [0.25, 0.3) is 22.3 Å². The van der Waals surface area contributed by atoms with E-state index in [1.165, 1.54) is 12.8 Å². The highest BCUT2D eigenvalue weighted by molar-refractivity contribution is 5.88. The number of aromatic nitrogens is 3. The van der Waals surface area contributed by atoms with Gasteiger partial charge >= 0.3 is 0 Å². The second-order valence-electron chi connectivity index (χ2n) is 10.9. The van der Waals surface area contributed by atoms with Crippen LogP contribution in [0, 0.1) is 5.92 Å². The molecule has 0 radical (unpaired) electrons. The number of ether oxygens (including phenoxy) is 2. The zero-order chi connectivity index (χ0) is 24.9. The number of nitrogens with zero attached hydrogens (tertiary/aromatic N) is 5. The van der Waals surface area contributed by atoms with E-state index in [0.717, 1.165) is 73.1 Å². The molecule has 1 saturated carbocycles. The van der Waals surface area contributed by atoms with Crippen molar-refractivity contribution in [3.8, 4) is 17.0 Å². The molecule has 4 aliphatic rings. The minimum Gasteiger partial charge on any atom is -0.488 e. The molecule has 2 atom stereocenters. The molecule has 37 heavy (non-hydrogen) atoms. The number of imidazole rings is 1. The summed E-state index contributed by atoms with van der Waals surface area (Å²) in [5, 5.41) is 2.93. The molecular formula is C28H34N6O3. The van der Waals surface area contributed by atoms with Crippen LogP contribution in [0.3, 0.4) is 0 Å². The van der Waals surface area contributed by atoms with Crippen LogP contribution in [0.5, 0.6) is 5.75 Å². The first-order chi connectivity index (χ1) is 18.1. The van der Waals surface area contributed by atoms with Crippen molar-refractivity contribution in [3.05, 3.63) is 36.8 Å². The number of benzene rings is 1. The van der Waals surface area contributed by atoms with Crippen molar-refractivity contribution in [3.63, 3.8) is 0 Å². The van der Waals surface area contributed by atoms with E-state index < -0.39 is 0 Å². The van der Waals surface area contributed by atoms with Crippen molar-refractivity contribution in [1.29, 1.82) is 0 Å². The summed E-state index contributed by atoms with van der Waals surface area (Å²) in [4.78, 5) is 26.3. The Morgan fingerprint density at radius 1 is 1.08 bits per heavy atom. The molecule has 3 aliphatic heterocycles. The van der Waals surface area contributed by atoms with Crippen LogP contribution in [0.2, 0.25) is 0 Å². The van der Waals surface area contributed by atoms with Crippen LogP contribution < -0.4 is 15.0 Å². The summed E-state index contributed by atoms with van der Waals surface area (Å²) < 4.78 is 14.2. The molecule has 3 saturated heterocycles. The Morgan fingerprint density at radius 3 is 2.57 bits per heavy atom. The summed E-state index contributed by atoms with van der Waals surface area (Å²) in [6.07, 6.45) is 6.71. The second kappa shape index (κ2) is 9.29. The Kier molecular flexibility index (Phi) is 5.77. The monoisotopic (exact) mass is 502 g/mol. The van der Waals surface area contributed by atoms with Gasteiger partial charge in [0.15, 0.2) is 0 Å². The first-order valence-corrected chi connectivity index (χ1v) is 13.6. The van der Waals surface area contributed by atoms with Gasteiger partial charge in [0.1, 0.15) is 17.4 Å². The fraction of sp³-hybridized carbons (Fsp3) is 0.536. The Labute approximate surface area is 216 Å². The van der Waals surface area contributed by atoms with E-state index >= 15 is 0 Å². The molecule has 0 bridgehead atoms. The predicted octanol–water partition coefficient (Wildman–Crippen LogP) is 2.86. The Bertz CT molecular complexity index is 1290. The average Bonchev–Trinajstić information content (AvgIpc) is 3.48. The lowest BCUT2D eigenvalue weighted by Gasteiger charge is -2.43. The minimum atomic E-state index is -0.0829. The molecule has 1 unspecified atom stereocenters. The molecule has 9 heteroatoms. The van der Waals surface area contributed by atoms with Crippen LogP contribution >= 0.6 is 0 Å². The fourth-order valence-corrected chi connectivity index (χ4v) is 5.78. The molecule has 9 nitrogen and oxygen atoms in total. The van der Waals surface area contributed by atoms with E-state index in [-0.39, 0.29) is 17.9 Å². The van der Waals surface area contributed by atoms with Gasteiger partial charge in [0.2, 0.25) is 5.91 Å². The van der Waals surface area contributed by atoms with E-state index in [2.05, 4.69) is 50.9 Å². The summed E-state index contributed by atoms with van der Waals surface area (Å²) in [7, 11) is 0. The molecule has 1 aliphatic carbocycles. The van der Waals surface area contributed by atoms with E-state index in [0.29, 0.717) is 25.0 Å². The van der Waals surface area contributed by atoms with Gasteiger partial charge < -0.3 is 24.3 Å². The average molecular weight is 503 g/mol. The van der Waals surface area contributed by atoms with E-state index in [1.54, 1.807) is 0 Å². The number of piperazine rings is 1.